The molecule has 2 aliphatic rings. The minimum atomic E-state index is -0.107. The summed E-state index contributed by atoms with van der Waals surface area (Å²) < 4.78 is 0. The van der Waals surface area contributed by atoms with E-state index < -0.39 is 0 Å². The van der Waals surface area contributed by atoms with Crippen LogP contribution in [0.5, 0.6) is 0 Å². The second kappa shape index (κ2) is 5.49. The van der Waals surface area contributed by atoms with E-state index in [9.17, 15) is 4.79 Å². The molecule has 3 aromatic rings. The predicted molar refractivity (Wildman–Crippen MR) is 100 cm³/mol. The number of piperazine rings is 1. The monoisotopic (exact) mass is 352 g/mol. The molecule has 2 aliphatic heterocycles. The SMILES string of the molecule is Cc1ccc(-c2ccc3c(C(=O)C4[C@H]5C[C@@H](CN5)N4C)n[nH]c3c2)s1. The van der Waals surface area contributed by atoms with E-state index in [4.69, 9.17) is 0 Å². The highest BCUT2D eigenvalue weighted by molar-refractivity contribution is 7.15. The molecular weight excluding hydrogens is 332 g/mol. The number of carbonyl (C=O) groups is 1. The second-order valence-corrected chi connectivity index (χ2v) is 8.41. The van der Waals surface area contributed by atoms with E-state index in [0.717, 1.165) is 29.4 Å². The maximum atomic E-state index is 13.1. The first-order valence-corrected chi connectivity index (χ1v) is 9.48. The van der Waals surface area contributed by atoms with Crippen molar-refractivity contribution in [3.63, 3.8) is 0 Å². The maximum absolute atomic E-state index is 13.1. The Labute approximate surface area is 150 Å². The number of aryl methyl sites for hydroxylation is 1. The smallest absolute Gasteiger partial charge is 0.202 e. The number of likely N-dealkylation sites (N-methyl/N-ethyl adjacent to an activating group) is 1. The Morgan fingerprint density at radius 1 is 1.32 bits per heavy atom. The van der Waals surface area contributed by atoms with E-state index in [2.05, 4.69) is 58.7 Å². The van der Waals surface area contributed by atoms with E-state index >= 15 is 0 Å². The van der Waals surface area contributed by atoms with Gasteiger partial charge in [-0.1, -0.05) is 6.07 Å². The summed E-state index contributed by atoms with van der Waals surface area (Å²) in [5, 5.41) is 11.8. The summed E-state index contributed by atoms with van der Waals surface area (Å²) in [4.78, 5) is 17.9. The molecule has 0 saturated carbocycles. The van der Waals surface area contributed by atoms with Gasteiger partial charge in [0.05, 0.1) is 11.6 Å². The first kappa shape index (κ1) is 15.3. The molecule has 1 aromatic carbocycles. The predicted octanol–water partition coefficient (Wildman–Crippen LogP) is 2.83. The highest BCUT2D eigenvalue weighted by atomic mass is 32.1. The molecule has 2 fully saturated rings. The number of hydrogen-bond acceptors (Lipinski definition) is 5. The lowest BCUT2D eigenvalue weighted by Gasteiger charge is -2.30. The molecule has 128 valence electrons. The molecule has 0 radical (unpaired) electrons. The molecule has 2 N–H and O–H groups in total. The number of carbonyl (C=O) groups excluding carboxylic acids is 1. The zero-order valence-electron chi connectivity index (χ0n) is 14.2. The highest BCUT2D eigenvalue weighted by Crippen LogP contribution is 2.33. The van der Waals surface area contributed by atoms with E-state index in [0.29, 0.717) is 11.7 Å². The van der Waals surface area contributed by atoms with Crippen LogP contribution in [0.2, 0.25) is 0 Å². The van der Waals surface area contributed by atoms with Crippen LogP contribution >= 0.6 is 11.3 Å². The molecule has 2 aromatic heterocycles. The Morgan fingerprint density at radius 3 is 2.92 bits per heavy atom. The van der Waals surface area contributed by atoms with E-state index in [-0.39, 0.29) is 17.9 Å². The third-order valence-electron chi connectivity index (χ3n) is 5.63. The molecule has 4 heterocycles. The van der Waals surface area contributed by atoms with Crippen molar-refractivity contribution < 1.29 is 4.79 Å². The molecule has 0 spiro atoms. The van der Waals surface area contributed by atoms with Gasteiger partial charge in [-0.3, -0.25) is 14.8 Å². The number of likely N-dealkylation sites (tertiary alicyclic amines) is 1. The van der Waals surface area contributed by atoms with Crippen LogP contribution in [-0.4, -0.2) is 52.6 Å². The number of Topliss-reactive ketones (excluding diaryl/α,β-unsaturated/α-hetero) is 1. The Kier molecular flexibility index (Phi) is 3.35. The quantitative estimate of drug-likeness (QED) is 0.712. The van der Waals surface area contributed by atoms with Crippen LogP contribution in [0.15, 0.2) is 30.3 Å². The molecule has 5 nitrogen and oxygen atoms in total. The minimum absolute atomic E-state index is 0.107. The van der Waals surface area contributed by atoms with E-state index in [1.807, 2.05) is 6.07 Å². The fourth-order valence-corrected chi connectivity index (χ4v) is 5.13. The zero-order chi connectivity index (χ0) is 17.1. The average Bonchev–Trinajstić information content (AvgIpc) is 3.36. The van der Waals surface area contributed by atoms with Crippen LogP contribution in [-0.2, 0) is 0 Å². The highest BCUT2D eigenvalue weighted by Gasteiger charge is 2.48. The van der Waals surface area contributed by atoms with Gasteiger partial charge in [0.2, 0.25) is 5.78 Å². The van der Waals surface area contributed by atoms with Crippen LogP contribution < -0.4 is 5.32 Å². The number of rotatable bonds is 3. The number of fused-ring (bicyclic) bond motifs is 3. The number of thiophene rings is 1. The summed E-state index contributed by atoms with van der Waals surface area (Å²) in [5.74, 6) is 0.119. The fraction of sp³-hybridized carbons (Fsp3) is 0.368. The Morgan fingerprint density at radius 2 is 2.20 bits per heavy atom. The molecule has 0 amide bonds. The maximum Gasteiger partial charge on any atom is 0.202 e. The summed E-state index contributed by atoms with van der Waals surface area (Å²) >= 11 is 1.78. The second-order valence-electron chi connectivity index (χ2n) is 7.12. The molecule has 2 saturated heterocycles. The zero-order valence-corrected chi connectivity index (χ0v) is 15.1. The Balaban J connectivity index is 1.51. The number of hydrogen-bond donors (Lipinski definition) is 2. The van der Waals surface area contributed by atoms with Gasteiger partial charge in [0.25, 0.3) is 0 Å². The Hall–Kier alpha value is -2.02. The van der Waals surface area contributed by atoms with Crippen LogP contribution in [0.3, 0.4) is 0 Å². The van der Waals surface area contributed by atoms with Gasteiger partial charge in [-0.15, -0.1) is 11.3 Å². The standard InChI is InChI=1S/C19H20N4OS/c1-10-3-6-16(25-10)11-4-5-13-14(7-11)21-22-17(13)19(24)18-15-8-12(9-20-15)23(18)2/h3-7,12,15,18,20H,8-9H2,1-2H3,(H,21,22)/t12-,15+,18?/m0/s1. The van der Waals surface area contributed by atoms with Crippen LogP contribution in [0.1, 0.15) is 21.8 Å². The van der Waals surface area contributed by atoms with Crippen LogP contribution in [0, 0.1) is 6.92 Å². The summed E-state index contributed by atoms with van der Waals surface area (Å²) in [6.45, 7) is 3.09. The lowest BCUT2D eigenvalue weighted by atomic mass is 10.00. The number of aromatic nitrogens is 2. The number of nitrogens with zero attached hydrogens (tertiary/aromatic N) is 2. The van der Waals surface area contributed by atoms with Gasteiger partial charge in [0, 0.05) is 33.8 Å². The van der Waals surface area contributed by atoms with Crippen LogP contribution in [0.4, 0.5) is 0 Å². The van der Waals surface area contributed by atoms with E-state index in [1.165, 1.54) is 9.75 Å². The van der Waals surface area contributed by atoms with E-state index in [1.54, 1.807) is 11.3 Å². The summed E-state index contributed by atoms with van der Waals surface area (Å²) in [6.07, 6.45) is 1.05. The minimum Gasteiger partial charge on any atom is -0.310 e. The molecule has 3 atom stereocenters. The number of aromatic amines is 1. The first-order valence-electron chi connectivity index (χ1n) is 8.66. The molecule has 1 unspecified atom stereocenters. The summed E-state index contributed by atoms with van der Waals surface area (Å²) in [5.41, 5.74) is 2.65. The van der Waals surface area contributed by atoms with Crippen molar-refractivity contribution in [3.8, 4) is 10.4 Å². The van der Waals surface area contributed by atoms with Crippen molar-refractivity contribution in [1.29, 1.82) is 0 Å². The van der Waals surface area contributed by atoms with Crippen LogP contribution in [0.25, 0.3) is 21.3 Å². The van der Waals surface area contributed by atoms with Gasteiger partial charge < -0.3 is 5.32 Å². The van der Waals surface area contributed by atoms with Gasteiger partial charge >= 0.3 is 0 Å². The number of H-pyrrole nitrogens is 1. The van der Waals surface area contributed by atoms with Crippen molar-refractivity contribution in [1.82, 2.24) is 20.4 Å². The van der Waals surface area contributed by atoms with Crippen molar-refractivity contribution >= 4 is 28.0 Å². The molecule has 0 aliphatic carbocycles. The molecule has 25 heavy (non-hydrogen) atoms. The first-order chi connectivity index (χ1) is 12.1. The van der Waals surface area contributed by atoms with Crippen molar-refractivity contribution in [2.45, 2.75) is 31.5 Å². The van der Waals surface area contributed by atoms with Gasteiger partial charge in [-0.2, -0.15) is 5.10 Å². The van der Waals surface area contributed by atoms with Crippen molar-refractivity contribution in [3.05, 3.63) is 40.9 Å². The molecule has 5 rings (SSSR count). The van der Waals surface area contributed by atoms with Gasteiger partial charge in [-0.05, 0) is 50.2 Å². The van der Waals surface area contributed by atoms with Crippen molar-refractivity contribution in [2.24, 2.45) is 0 Å². The lowest BCUT2D eigenvalue weighted by molar-refractivity contribution is 0.0811. The normalized spacial score (nSPS) is 25.9. The number of nitrogens with one attached hydrogen (secondary N) is 2. The average molecular weight is 352 g/mol. The molecule has 2 bridgehead atoms. The Bertz CT molecular complexity index is 973. The fourth-order valence-electron chi connectivity index (χ4n) is 4.27. The lowest BCUT2D eigenvalue weighted by Crippen LogP contribution is -2.53. The number of ketones is 1. The third kappa shape index (κ3) is 2.28. The van der Waals surface area contributed by atoms with Gasteiger partial charge in [0.15, 0.2) is 0 Å². The summed E-state index contributed by atoms with van der Waals surface area (Å²) in [6, 6.07) is 11.1. The molecule has 6 heteroatoms. The molecular formula is C19H20N4OS. The summed E-state index contributed by atoms with van der Waals surface area (Å²) in [7, 11) is 2.06. The third-order valence-corrected chi connectivity index (χ3v) is 6.68. The van der Waals surface area contributed by atoms with Gasteiger partial charge in [-0.25, -0.2) is 0 Å². The van der Waals surface area contributed by atoms with Gasteiger partial charge in [0.1, 0.15) is 5.69 Å². The topological polar surface area (TPSA) is 61.0 Å². The number of benzene rings is 1. The largest absolute Gasteiger partial charge is 0.310 e. The van der Waals surface area contributed by atoms with Crippen molar-refractivity contribution in [2.75, 3.05) is 13.6 Å².